The highest BCUT2D eigenvalue weighted by Crippen LogP contribution is 2.31. The van der Waals surface area contributed by atoms with Gasteiger partial charge in [-0.3, -0.25) is 4.79 Å². The van der Waals surface area contributed by atoms with Crippen LogP contribution in [0.15, 0.2) is 35.0 Å². The first kappa shape index (κ1) is 16.3. The van der Waals surface area contributed by atoms with Crippen LogP contribution in [0.5, 0.6) is 0 Å². The third-order valence-corrected chi connectivity index (χ3v) is 5.37. The van der Waals surface area contributed by atoms with Gasteiger partial charge in [0.1, 0.15) is 5.82 Å². The van der Waals surface area contributed by atoms with Crippen LogP contribution >= 0.6 is 22.9 Å². The highest BCUT2D eigenvalue weighted by atomic mass is 35.5. The molecule has 0 spiro atoms. The number of amides is 1. The molecule has 0 bridgehead atoms. The summed E-state index contributed by atoms with van der Waals surface area (Å²) in [7, 11) is 0. The second kappa shape index (κ2) is 6.98. The van der Waals surface area contributed by atoms with Crippen LogP contribution in [-0.4, -0.2) is 20.7 Å². The highest BCUT2D eigenvalue weighted by molar-refractivity contribution is 7.08. The summed E-state index contributed by atoms with van der Waals surface area (Å²) in [6, 6.07) is 7.26. The van der Waals surface area contributed by atoms with E-state index in [1.54, 1.807) is 18.2 Å². The smallest absolute Gasteiger partial charge is 0.256 e. The monoisotopic (exact) mass is 372 g/mol. The van der Waals surface area contributed by atoms with Gasteiger partial charge in [0.2, 0.25) is 0 Å². The Kier molecular flexibility index (Phi) is 4.55. The van der Waals surface area contributed by atoms with Crippen LogP contribution in [0, 0.1) is 0 Å². The maximum absolute atomic E-state index is 12.3. The van der Waals surface area contributed by atoms with Gasteiger partial charge < -0.3 is 9.88 Å². The molecular formula is C18H17ClN4OS. The van der Waals surface area contributed by atoms with Gasteiger partial charge in [0.05, 0.1) is 10.6 Å². The van der Waals surface area contributed by atoms with Gasteiger partial charge in [-0.2, -0.15) is 11.3 Å². The molecule has 1 aliphatic heterocycles. The number of halogens is 1. The van der Waals surface area contributed by atoms with Crippen LogP contribution in [-0.2, 0) is 13.0 Å². The maximum Gasteiger partial charge on any atom is 0.256 e. The predicted octanol–water partition coefficient (Wildman–Crippen LogP) is 4.64. The summed E-state index contributed by atoms with van der Waals surface area (Å²) in [6.07, 6.45) is 4.40. The molecule has 25 heavy (non-hydrogen) atoms. The summed E-state index contributed by atoms with van der Waals surface area (Å²) in [5.41, 5.74) is 2.14. The van der Waals surface area contributed by atoms with E-state index in [0.717, 1.165) is 43.0 Å². The summed E-state index contributed by atoms with van der Waals surface area (Å²) in [4.78, 5) is 12.3. The molecule has 3 aromatic rings. The minimum atomic E-state index is -0.130. The zero-order valence-corrected chi connectivity index (χ0v) is 15.1. The number of benzene rings is 1. The molecule has 1 aliphatic rings. The number of hydrogen-bond donors (Lipinski definition) is 1. The fourth-order valence-electron chi connectivity index (χ4n) is 3.06. The Labute approximate surface area is 154 Å². The van der Waals surface area contributed by atoms with Crippen molar-refractivity contribution >= 4 is 34.5 Å². The number of aryl methyl sites for hydroxylation is 1. The van der Waals surface area contributed by atoms with Crippen molar-refractivity contribution in [3.8, 4) is 11.4 Å². The van der Waals surface area contributed by atoms with Crippen molar-refractivity contribution in [3.63, 3.8) is 0 Å². The molecule has 4 rings (SSSR count). The molecular weight excluding hydrogens is 356 g/mol. The van der Waals surface area contributed by atoms with Crippen molar-refractivity contribution < 1.29 is 4.79 Å². The SMILES string of the molecule is O=C(Nc1ccc(Cl)c(-c2nnc3n2CCCCC3)c1)c1ccsc1. The molecule has 0 atom stereocenters. The second-order valence-electron chi connectivity index (χ2n) is 6.06. The Morgan fingerprint density at radius 1 is 1.20 bits per heavy atom. The fourth-order valence-corrected chi connectivity index (χ4v) is 3.89. The van der Waals surface area contributed by atoms with Crippen molar-refractivity contribution in [2.45, 2.75) is 32.2 Å². The Morgan fingerprint density at radius 2 is 2.12 bits per heavy atom. The minimum absolute atomic E-state index is 0.130. The quantitative estimate of drug-likeness (QED) is 0.728. The summed E-state index contributed by atoms with van der Waals surface area (Å²) in [6.45, 7) is 0.902. The lowest BCUT2D eigenvalue weighted by Crippen LogP contribution is -2.11. The second-order valence-corrected chi connectivity index (χ2v) is 7.25. The van der Waals surface area contributed by atoms with Gasteiger partial charge in [-0.1, -0.05) is 18.0 Å². The highest BCUT2D eigenvalue weighted by Gasteiger charge is 2.18. The van der Waals surface area contributed by atoms with Gasteiger partial charge in [-0.15, -0.1) is 10.2 Å². The first-order valence-corrected chi connectivity index (χ1v) is 9.60. The number of carbonyl (C=O) groups is 1. The van der Waals surface area contributed by atoms with Crippen LogP contribution in [0.4, 0.5) is 5.69 Å². The Balaban J connectivity index is 1.67. The lowest BCUT2D eigenvalue weighted by Gasteiger charge is -2.11. The molecule has 0 radical (unpaired) electrons. The van der Waals surface area contributed by atoms with E-state index in [-0.39, 0.29) is 5.91 Å². The van der Waals surface area contributed by atoms with Crippen molar-refractivity contribution in [2.24, 2.45) is 0 Å². The van der Waals surface area contributed by atoms with E-state index in [0.29, 0.717) is 16.3 Å². The zero-order valence-electron chi connectivity index (χ0n) is 13.5. The van der Waals surface area contributed by atoms with E-state index >= 15 is 0 Å². The van der Waals surface area contributed by atoms with Gasteiger partial charge in [-0.05, 0) is 42.5 Å². The lowest BCUT2D eigenvalue weighted by molar-refractivity contribution is 0.102. The first-order chi connectivity index (χ1) is 12.2. The number of anilines is 1. The van der Waals surface area contributed by atoms with Crippen molar-refractivity contribution in [1.29, 1.82) is 0 Å². The minimum Gasteiger partial charge on any atom is -0.322 e. The Hall–Kier alpha value is -2.18. The molecule has 0 saturated heterocycles. The number of thiophene rings is 1. The number of hydrogen-bond acceptors (Lipinski definition) is 4. The molecule has 1 amide bonds. The largest absolute Gasteiger partial charge is 0.322 e. The Bertz CT molecular complexity index is 904. The van der Waals surface area contributed by atoms with Gasteiger partial charge in [0.25, 0.3) is 5.91 Å². The summed E-state index contributed by atoms with van der Waals surface area (Å²) < 4.78 is 2.15. The van der Waals surface area contributed by atoms with Gasteiger partial charge in [0, 0.05) is 29.6 Å². The normalized spacial score (nSPS) is 14.0. The third kappa shape index (κ3) is 3.32. The van der Waals surface area contributed by atoms with Crippen molar-refractivity contribution in [2.75, 3.05) is 5.32 Å². The zero-order chi connectivity index (χ0) is 17.2. The Morgan fingerprint density at radius 3 is 2.96 bits per heavy atom. The molecule has 0 fully saturated rings. The number of nitrogens with zero attached hydrogens (tertiary/aromatic N) is 3. The van der Waals surface area contributed by atoms with E-state index in [9.17, 15) is 4.79 Å². The lowest BCUT2D eigenvalue weighted by atomic mass is 10.1. The van der Waals surface area contributed by atoms with E-state index in [1.807, 2.05) is 16.8 Å². The van der Waals surface area contributed by atoms with Gasteiger partial charge >= 0.3 is 0 Å². The molecule has 128 valence electrons. The van der Waals surface area contributed by atoms with Gasteiger partial charge in [0.15, 0.2) is 5.82 Å². The number of carbonyl (C=O) groups excluding carboxylic acids is 1. The molecule has 1 aromatic carbocycles. The molecule has 0 unspecified atom stereocenters. The van der Waals surface area contributed by atoms with E-state index in [1.165, 1.54) is 17.8 Å². The van der Waals surface area contributed by atoms with Crippen LogP contribution in [0.1, 0.15) is 35.4 Å². The third-order valence-electron chi connectivity index (χ3n) is 4.36. The van der Waals surface area contributed by atoms with Crippen LogP contribution in [0.25, 0.3) is 11.4 Å². The summed E-state index contributed by atoms with van der Waals surface area (Å²) >= 11 is 7.91. The predicted molar refractivity (Wildman–Crippen MR) is 100 cm³/mol. The molecule has 3 heterocycles. The molecule has 7 heteroatoms. The van der Waals surface area contributed by atoms with Gasteiger partial charge in [-0.25, -0.2) is 0 Å². The van der Waals surface area contributed by atoms with Crippen molar-refractivity contribution in [3.05, 3.63) is 51.4 Å². The maximum atomic E-state index is 12.3. The van der Waals surface area contributed by atoms with Crippen LogP contribution < -0.4 is 5.32 Å². The molecule has 5 nitrogen and oxygen atoms in total. The van der Waals surface area contributed by atoms with Crippen LogP contribution in [0.3, 0.4) is 0 Å². The standard InChI is InChI=1S/C18H17ClN4OS/c19-15-6-5-13(20-18(24)12-7-9-25-11-12)10-14(15)17-22-21-16-4-2-1-3-8-23(16)17/h5-7,9-11H,1-4,8H2,(H,20,24). The molecule has 1 N–H and O–H groups in total. The van der Waals surface area contributed by atoms with Crippen molar-refractivity contribution in [1.82, 2.24) is 14.8 Å². The fraction of sp³-hybridized carbons (Fsp3) is 0.278. The average molecular weight is 373 g/mol. The number of aromatic nitrogens is 3. The number of nitrogens with one attached hydrogen (secondary N) is 1. The summed E-state index contributed by atoms with van der Waals surface area (Å²) in [5, 5.41) is 15.9. The number of rotatable bonds is 3. The first-order valence-electron chi connectivity index (χ1n) is 8.28. The summed E-state index contributed by atoms with van der Waals surface area (Å²) in [5.74, 6) is 1.65. The topological polar surface area (TPSA) is 59.8 Å². The van der Waals surface area contributed by atoms with E-state index < -0.39 is 0 Å². The molecule has 0 aliphatic carbocycles. The molecule has 2 aromatic heterocycles. The van der Waals surface area contributed by atoms with E-state index in [4.69, 9.17) is 11.6 Å². The van der Waals surface area contributed by atoms with E-state index in [2.05, 4.69) is 20.1 Å². The van der Waals surface area contributed by atoms with Crippen LogP contribution in [0.2, 0.25) is 5.02 Å². The molecule has 0 saturated carbocycles. The average Bonchev–Trinajstić information content (AvgIpc) is 3.22. The number of fused-ring (bicyclic) bond motifs is 1.